The Morgan fingerprint density at radius 3 is 2.65 bits per heavy atom. The fourth-order valence-corrected chi connectivity index (χ4v) is 1.83. The first kappa shape index (κ1) is 11.9. The zero-order chi connectivity index (χ0) is 12.3. The van der Waals surface area contributed by atoms with Crippen LogP contribution in [0, 0.1) is 5.92 Å². The van der Waals surface area contributed by atoms with Crippen molar-refractivity contribution in [3.63, 3.8) is 0 Å². The highest BCUT2D eigenvalue weighted by Gasteiger charge is 2.04. The van der Waals surface area contributed by atoms with Gasteiger partial charge in [0.2, 0.25) is 0 Å². The molecule has 0 aliphatic rings. The topological polar surface area (TPSA) is 16.1 Å². The van der Waals surface area contributed by atoms with Crippen LogP contribution in [0.2, 0.25) is 0 Å². The number of rotatable bonds is 4. The van der Waals surface area contributed by atoms with Crippen LogP contribution < -0.4 is 4.90 Å². The van der Waals surface area contributed by atoms with Gasteiger partial charge >= 0.3 is 0 Å². The average Bonchev–Trinajstić information content (AvgIpc) is 2.35. The van der Waals surface area contributed by atoms with Crippen LogP contribution in [0.15, 0.2) is 36.4 Å². The van der Waals surface area contributed by atoms with E-state index >= 15 is 0 Å². The van der Waals surface area contributed by atoms with Gasteiger partial charge < -0.3 is 4.90 Å². The second kappa shape index (κ2) is 5.17. The lowest BCUT2D eigenvalue weighted by Crippen LogP contribution is -2.20. The Balaban J connectivity index is 2.18. The van der Waals surface area contributed by atoms with Crippen molar-refractivity contribution in [3.05, 3.63) is 36.4 Å². The van der Waals surface area contributed by atoms with Crippen LogP contribution in [0.5, 0.6) is 0 Å². The molecule has 90 valence electrons. The molecule has 2 rings (SSSR count). The molecular weight excluding hydrogens is 208 g/mol. The smallest absolute Gasteiger partial charge is 0.128 e. The number of benzene rings is 1. The normalized spacial score (nSPS) is 11.1. The van der Waals surface area contributed by atoms with Gasteiger partial charge in [0.25, 0.3) is 0 Å². The molecule has 1 aromatic carbocycles. The number of fused-ring (bicyclic) bond motifs is 1. The number of pyridine rings is 1. The van der Waals surface area contributed by atoms with Crippen molar-refractivity contribution in [2.45, 2.75) is 20.3 Å². The number of nitrogens with zero attached hydrogens (tertiary/aromatic N) is 2. The minimum absolute atomic E-state index is 0.734. The van der Waals surface area contributed by atoms with Gasteiger partial charge in [-0.15, -0.1) is 0 Å². The van der Waals surface area contributed by atoms with Crippen molar-refractivity contribution in [2.24, 2.45) is 5.92 Å². The Hall–Kier alpha value is -1.57. The van der Waals surface area contributed by atoms with Gasteiger partial charge in [0.15, 0.2) is 0 Å². The third-order valence-corrected chi connectivity index (χ3v) is 3.02. The van der Waals surface area contributed by atoms with Crippen LogP contribution in [-0.4, -0.2) is 18.6 Å². The Kier molecular flexibility index (Phi) is 3.62. The van der Waals surface area contributed by atoms with E-state index < -0.39 is 0 Å². The van der Waals surface area contributed by atoms with Crippen molar-refractivity contribution < 1.29 is 0 Å². The Labute approximate surface area is 103 Å². The minimum Gasteiger partial charge on any atom is -0.360 e. The number of hydrogen-bond acceptors (Lipinski definition) is 2. The molecule has 17 heavy (non-hydrogen) atoms. The van der Waals surface area contributed by atoms with Crippen molar-refractivity contribution >= 4 is 16.7 Å². The Morgan fingerprint density at radius 2 is 1.88 bits per heavy atom. The lowest BCUT2D eigenvalue weighted by atomic mass is 10.1. The van der Waals surface area contributed by atoms with Gasteiger partial charge in [-0.1, -0.05) is 32.0 Å². The first-order chi connectivity index (χ1) is 8.16. The fraction of sp³-hybridized carbons (Fsp3) is 0.400. The summed E-state index contributed by atoms with van der Waals surface area (Å²) in [6, 6.07) is 12.5. The van der Waals surface area contributed by atoms with Crippen LogP contribution in [0.1, 0.15) is 20.3 Å². The van der Waals surface area contributed by atoms with Crippen LogP contribution >= 0.6 is 0 Å². The summed E-state index contributed by atoms with van der Waals surface area (Å²) in [6.07, 6.45) is 1.20. The number of hydrogen-bond donors (Lipinski definition) is 0. The second-order valence-corrected chi connectivity index (χ2v) is 4.97. The molecule has 2 aromatic rings. The number of anilines is 1. The summed E-state index contributed by atoms with van der Waals surface area (Å²) in [7, 11) is 2.11. The molecule has 0 radical (unpaired) electrons. The molecular formula is C15H20N2. The minimum atomic E-state index is 0.734. The van der Waals surface area contributed by atoms with Crippen molar-refractivity contribution in [1.82, 2.24) is 4.98 Å². The predicted octanol–water partition coefficient (Wildman–Crippen LogP) is 3.72. The highest BCUT2D eigenvalue weighted by Crippen LogP contribution is 2.17. The van der Waals surface area contributed by atoms with Gasteiger partial charge in [0.05, 0.1) is 5.52 Å². The second-order valence-electron chi connectivity index (χ2n) is 4.97. The highest BCUT2D eigenvalue weighted by molar-refractivity contribution is 5.80. The largest absolute Gasteiger partial charge is 0.360 e. The zero-order valence-corrected chi connectivity index (χ0v) is 10.9. The Morgan fingerprint density at radius 1 is 1.12 bits per heavy atom. The van der Waals surface area contributed by atoms with E-state index in [1.54, 1.807) is 0 Å². The molecule has 0 aliphatic carbocycles. The van der Waals surface area contributed by atoms with E-state index in [-0.39, 0.29) is 0 Å². The van der Waals surface area contributed by atoms with Gasteiger partial charge in [-0.05, 0) is 30.5 Å². The highest BCUT2D eigenvalue weighted by atomic mass is 15.2. The third kappa shape index (κ3) is 2.96. The maximum Gasteiger partial charge on any atom is 0.128 e. The predicted molar refractivity (Wildman–Crippen MR) is 74.5 cm³/mol. The molecule has 0 N–H and O–H groups in total. The van der Waals surface area contributed by atoms with Crippen molar-refractivity contribution in [3.8, 4) is 0 Å². The molecule has 0 fully saturated rings. The summed E-state index contributed by atoms with van der Waals surface area (Å²) >= 11 is 0. The standard InChI is InChI=1S/C15H20N2/c1-12(2)10-11-17(3)15-9-8-13-6-4-5-7-14(13)16-15/h4-9,12H,10-11H2,1-3H3. The van der Waals surface area contributed by atoms with Gasteiger partial charge in [-0.2, -0.15) is 0 Å². The molecule has 0 unspecified atom stereocenters. The molecule has 2 nitrogen and oxygen atoms in total. The maximum absolute atomic E-state index is 4.68. The number of aromatic nitrogens is 1. The molecule has 0 bridgehead atoms. The maximum atomic E-state index is 4.68. The van der Waals surface area contributed by atoms with Crippen LogP contribution in [0.25, 0.3) is 10.9 Å². The molecule has 0 atom stereocenters. The van der Waals surface area contributed by atoms with E-state index in [2.05, 4.69) is 55.0 Å². The molecule has 0 saturated heterocycles. The van der Waals surface area contributed by atoms with E-state index in [0.717, 1.165) is 23.8 Å². The summed E-state index contributed by atoms with van der Waals surface area (Å²) in [5.74, 6) is 1.79. The Bertz CT molecular complexity index is 491. The molecule has 2 heteroatoms. The summed E-state index contributed by atoms with van der Waals surface area (Å²) in [5.41, 5.74) is 1.07. The summed E-state index contributed by atoms with van der Waals surface area (Å²) in [6.45, 7) is 5.56. The van der Waals surface area contributed by atoms with E-state index in [4.69, 9.17) is 0 Å². The zero-order valence-electron chi connectivity index (χ0n) is 10.9. The molecule has 1 heterocycles. The SMILES string of the molecule is CC(C)CCN(C)c1ccc2ccccc2n1. The molecule has 0 aliphatic heterocycles. The van der Waals surface area contributed by atoms with E-state index in [1.165, 1.54) is 11.8 Å². The van der Waals surface area contributed by atoms with Crippen LogP contribution in [-0.2, 0) is 0 Å². The lowest BCUT2D eigenvalue weighted by molar-refractivity contribution is 0.584. The van der Waals surface area contributed by atoms with Crippen molar-refractivity contribution in [1.29, 1.82) is 0 Å². The number of para-hydroxylation sites is 1. The van der Waals surface area contributed by atoms with Crippen molar-refractivity contribution in [2.75, 3.05) is 18.5 Å². The summed E-state index contributed by atoms with van der Waals surface area (Å²) in [4.78, 5) is 6.91. The summed E-state index contributed by atoms with van der Waals surface area (Å²) < 4.78 is 0. The van der Waals surface area contributed by atoms with Gasteiger partial charge in [0, 0.05) is 19.0 Å². The third-order valence-electron chi connectivity index (χ3n) is 3.02. The lowest BCUT2D eigenvalue weighted by Gasteiger charge is -2.19. The molecule has 1 aromatic heterocycles. The van der Waals surface area contributed by atoms with E-state index in [1.807, 2.05) is 12.1 Å². The fourth-order valence-electron chi connectivity index (χ4n) is 1.83. The first-order valence-corrected chi connectivity index (χ1v) is 6.24. The van der Waals surface area contributed by atoms with Gasteiger partial charge in [-0.25, -0.2) is 4.98 Å². The average molecular weight is 228 g/mol. The van der Waals surface area contributed by atoms with Crippen LogP contribution in [0.3, 0.4) is 0 Å². The van der Waals surface area contributed by atoms with Crippen LogP contribution in [0.4, 0.5) is 5.82 Å². The quantitative estimate of drug-likeness (QED) is 0.793. The molecule has 0 saturated carbocycles. The van der Waals surface area contributed by atoms with Gasteiger partial charge in [0.1, 0.15) is 5.82 Å². The van der Waals surface area contributed by atoms with Gasteiger partial charge in [-0.3, -0.25) is 0 Å². The van der Waals surface area contributed by atoms with E-state index in [0.29, 0.717) is 0 Å². The monoisotopic (exact) mass is 228 g/mol. The summed E-state index contributed by atoms with van der Waals surface area (Å²) in [5, 5.41) is 1.20. The molecule has 0 amide bonds. The first-order valence-electron chi connectivity index (χ1n) is 6.24. The molecule has 0 spiro atoms. The van der Waals surface area contributed by atoms with E-state index in [9.17, 15) is 0 Å².